The molecule has 1 rings (SSSR count). The number of rotatable bonds is 7. The van der Waals surface area contributed by atoms with Gasteiger partial charge in [-0.3, -0.25) is 20.3 Å². The lowest BCUT2D eigenvalue weighted by molar-refractivity contribution is -0.384. The summed E-state index contributed by atoms with van der Waals surface area (Å²) >= 11 is 0. The Morgan fingerprint density at radius 1 is 1.25 bits per heavy atom. The molecule has 0 radical (unpaired) electrons. The molecule has 0 unspecified atom stereocenters. The van der Waals surface area contributed by atoms with Crippen LogP contribution in [0.25, 0.3) is 0 Å². The Morgan fingerprint density at radius 2 is 1.90 bits per heavy atom. The second kappa shape index (κ2) is 6.83. The lowest BCUT2D eigenvalue weighted by Gasteiger charge is -2.03. The van der Waals surface area contributed by atoms with Gasteiger partial charge in [0.2, 0.25) is 0 Å². The molecule has 3 N–H and O–H groups in total. The molecule has 1 aromatic rings. The van der Waals surface area contributed by atoms with Crippen LogP contribution in [0, 0.1) is 10.1 Å². The summed E-state index contributed by atoms with van der Waals surface area (Å²) in [7, 11) is 0. The van der Waals surface area contributed by atoms with E-state index < -0.39 is 29.0 Å². The maximum atomic E-state index is 10.9. The Hall–Kier alpha value is -2.97. The third-order valence-electron chi connectivity index (χ3n) is 2.23. The number of nitro benzene ring substituents is 1. The van der Waals surface area contributed by atoms with Gasteiger partial charge in [0.05, 0.1) is 11.3 Å². The van der Waals surface area contributed by atoms with Crippen LogP contribution >= 0.6 is 0 Å². The highest BCUT2D eigenvalue weighted by atomic mass is 16.6. The van der Waals surface area contributed by atoms with E-state index in [0.29, 0.717) is 0 Å². The maximum Gasteiger partial charge on any atom is 0.352 e. The molecule has 0 aliphatic carbocycles. The number of nitrogens with one attached hydrogen (secondary N) is 1. The molecule has 0 heterocycles. The van der Waals surface area contributed by atoms with E-state index in [4.69, 9.17) is 10.2 Å². The second-order valence-corrected chi connectivity index (χ2v) is 3.64. The molecule has 20 heavy (non-hydrogen) atoms. The lowest BCUT2D eigenvalue weighted by Crippen LogP contribution is -2.16. The van der Waals surface area contributed by atoms with Gasteiger partial charge in [-0.1, -0.05) is 12.1 Å². The van der Waals surface area contributed by atoms with Gasteiger partial charge >= 0.3 is 11.9 Å². The molecule has 0 spiro atoms. The van der Waals surface area contributed by atoms with Gasteiger partial charge in [0.1, 0.15) is 11.4 Å². The monoisotopic (exact) mass is 281 g/mol. The van der Waals surface area contributed by atoms with Crippen molar-refractivity contribution in [3.8, 4) is 0 Å². The summed E-state index contributed by atoms with van der Waals surface area (Å²) < 4.78 is 0. The van der Waals surface area contributed by atoms with Gasteiger partial charge in [-0.25, -0.2) is 4.79 Å². The standard InChI is InChI=1S/C11H11N3O6/c15-10(16)6-5-8(11(17)18)13-12-7-3-1-2-4-9(7)14(19)20/h1-4,12H,5-6H2,(H,15,16)(H,17,18)/b13-8+. The largest absolute Gasteiger partial charge is 0.481 e. The minimum absolute atomic E-state index is 0.0200. The minimum Gasteiger partial charge on any atom is -0.481 e. The fraction of sp³-hybridized carbons (Fsp3) is 0.182. The van der Waals surface area contributed by atoms with Crippen LogP contribution in [0.3, 0.4) is 0 Å². The molecule has 0 amide bonds. The SMILES string of the molecule is O=C(O)CC/C(=N\Nc1ccccc1[N+](=O)[O-])C(=O)O. The predicted molar refractivity (Wildman–Crippen MR) is 68.7 cm³/mol. The van der Waals surface area contributed by atoms with Crippen molar-refractivity contribution >= 4 is 29.0 Å². The van der Waals surface area contributed by atoms with E-state index >= 15 is 0 Å². The first-order chi connectivity index (χ1) is 9.41. The van der Waals surface area contributed by atoms with Crippen molar-refractivity contribution in [2.75, 3.05) is 5.43 Å². The molecular formula is C11H11N3O6. The van der Waals surface area contributed by atoms with Crippen LogP contribution in [0.15, 0.2) is 29.4 Å². The second-order valence-electron chi connectivity index (χ2n) is 3.64. The number of anilines is 1. The molecule has 0 aromatic heterocycles. The van der Waals surface area contributed by atoms with Gasteiger partial charge in [0, 0.05) is 12.5 Å². The number of nitro groups is 1. The van der Waals surface area contributed by atoms with E-state index in [-0.39, 0.29) is 17.8 Å². The van der Waals surface area contributed by atoms with E-state index in [0.717, 1.165) is 0 Å². The highest BCUT2D eigenvalue weighted by Gasteiger charge is 2.14. The summed E-state index contributed by atoms with van der Waals surface area (Å²) in [6, 6.07) is 5.56. The van der Waals surface area contributed by atoms with Crippen LogP contribution < -0.4 is 5.43 Å². The molecule has 0 fully saturated rings. The maximum absolute atomic E-state index is 10.9. The molecule has 0 saturated heterocycles. The molecular weight excluding hydrogens is 270 g/mol. The zero-order chi connectivity index (χ0) is 15.1. The van der Waals surface area contributed by atoms with Gasteiger partial charge < -0.3 is 10.2 Å². The van der Waals surface area contributed by atoms with Crippen LogP contribution in [-0.2, 0) is 9.59 Å². The van der Waals surface area contributed by atoms with Crippen LogP contribution in [0.5, 0.6) is 0 Å². The smallest absolute Gasteiger partial charge is 0.352 e. The van der Waals surface area contributed by atoms with E-state index in [1.807, 2.05) is 0 Å². The first-order valence-electron chi connectivity index (χ1n) is 5.43. The summed E-state index contributed by atoms with van der Waals surface area (Å²) in [6.07, 6.45) is -0.692. The molecule has 0 bridgehead atoms. The fourth-order valence-corrected chi connectivity index (χ4v) is 1.29. The summed E-state index contributed by atoms with van der Waals surface area (Å²) in [5, 5.41) is 31.6. The first-order valence-corrected chi connectivity index (χ1v) is 5.43. The van der Waals surface area contributed by atoms with Crippen molar-refractivity contribution in [2.45, 2.75) is 12.8 Å². The topological polar surface area (TPSA) is 142 Å². The number of hydrogen-bond donors (Lipinski definition) is 3. The third-order valence-corrected chi connectivity index (χ3v) is 2.23. The summed E-state index contributed by atoms with van der Waals surface area (Å²) in [5.41, 5.74) is 1.60. The predicted octanol–water partition coefficient (Wildman–Crippen LogP) is 1.31. The lowest BCUT2D eigenvalue weighted by atomic mass is 10.2. The van der Waals surface area contributed by atoms with Gasteiger partial charge in [0.25, 0.3) is 5.69 Å². The number of carboxylic acid groups (broad SMARTS) is 2. The Bertz CT molecular complexity index is 569. The average molecular weight is 281 g/mol. The zero-order valence-electron chi connectivity index (χ0n) is 10.1. The third kappa shape index (κ3) is 4.37. The number of hydrazone groups is 1. The number of nitrogens with zero attached hydrogens (tertiary/aromatic N) is 2. The highest BCUT2D eigenvalue weighted by molar-refractivity contribution is 6.35. The highest BCUT2D eigenvalue weighted by Crippen LogP contribution is 2.23. The number of carboxylic acids is 2. The quantitative estimate of drug-likeness (QED) is 0.388. The van der Waals surface area contributed by atoms with Crippen LogP contribution in [0.4, 0.5) is 11.4 Å². The number of para-hydroxylation sites is 2. The van der Waals surface area contributed by atoms with Crippen molar-refractivity contribution in [1.29, 1.82) is 0 Å². The number of benzene rings is 1. The van der Waals surface area contributed by atoms with Crippen LogP contribution in [0.2, 0.25) is 0 Å². The van der Waals surface area contributed by atoms with Crippen molar-refractivity contribution in [2.24, 2.45) is 5.10 Å². The van der Waals surface area contributed by atoms with Gasteiger partial charge in [-0.15, -0.1) is 0 Å². The molecule has 0 atom stereocenters. The minimum atomic E-state index is -1.39. The van der Waals surface area contributed by atoms with Gasteiger partial charge in [0.15, 0.2) is 0 Å². The molecule has 9 nitrogen and oxygen atoms in total. The number of carbonyl (C=O) groups is 2. The Labute approximate surface area is 112 Å². The Kier molecular flexibility index (Phi) is 5.15. The summed E-state index contributed by atoms with van der Waals surface area (Å²) in [6.45, 7) is 0. The van der Waals surface area contributed by atoms with Crippen molar-refractivity contribution in [3.05, 3.63) is 34.4 Å². The van der Waals surface area contributed by atoms with E-state index in [1.165, 1.54) is 24.3 Å². The zero-order valence-corrected chi connectivity index (χ0v) is 10.1. The molecule has 0 aliphatic rings. The van der Waals surface area contributed by atoms with E-state index in [1.54, 1.807) is 0 Å². The summed E-state index contributed by atoms with van der Waals surface area (Å²) in [5.74, 6) is -2.55. The summed E-state index contributed by atoms with van der Waals surface area (Å²) in [4.78, 5) is 31.3. The Balaban J connectivity index is 2.90. The molecule has 1 aromatic carbocycles. The van der Waals surface area contributed by atoms with Gasteiger partial charge in [-0.2, -0.15) is 5.10 Å². The van der Waals surface area contributed by atoms with Gasteiger partial charge in [-0.05, 0) is 6.07 Å². The van der Waals surface area contributed by atoms with Crippen molar-refractivity contribution < 1.29 is 24.7 Å². The van der Waals surface area contributed by atoms with Crippen molar-refractivity contribution in [3.63, 3.8) is 0 Å². The first kappa shape index (κ1) is 15.1. The van der Waals surface area contributed by atoms with E-state index in [9.17, 15) is 19.7 Å². The number of hydrogen-bond acceptors (Lipinski definition) is 6. The average Bonchev–Trinajstić information content (AvgIpc) is 2.38. The van der Waals surface area contributed by atoms with E-state index in [2.05, 4.69) is 10.5 Å². The molecule has 9 heteroatoms. The van der Waals surface area contributed by atoms with Crippen LogP contribution in [-0.4, -0.2) is 32.8 Å². The molecule has 0 aliphatic heterocycles. The van der Waals surface area contributed by atoms with Crippen LogP contribution in [0.1, 0.15) is 12.8 Å². The number of aliphatic carboxylic acids is 2. The molecule has 0 saturated carbocycles. The normalized spacial score (nSPS) is 10.9. The fourth-order valence-electron chi connectivity index (χ4n) is 1.29. The van der Waals surface area contributed by atoms with Crippen molar-refractivity contribution in [1.82, 2.24) is 0 Å². The Morgan fingerprint density at radius 3 is 2.45 bits per heavy atom. The molecule has 106 valence electrons.